The Labute approximate surface area is 154 Å². The fourth-order valence-electron chi connectivity index (χ4n) is 2.89. The van der Waals surface area contributed by atoms with Crippen molar-refractivity contribution in [3.8, 4) is 0 Å². The Morgan fingerprint density at radius 3 is 2.26 bits per heavy atom. The monoisotopic (exact) mass is 376 g/mol. The van der Waals surface area contributed by atoms with Crippen molar-refractivity contribution in [1.82, 2.24) is 0 Å². The molecule has 2 N–H and O–H groups in total. The summed E-state index contributed by atoms with van der Waals surface area (Å²) in [7, 11) is 0. The van der Waals surface area contributed by atoms with Gasteiger partial charge in [-0.25, -0.2) is 0 Å². The van der Waals surface area contributed by atoms with Crippen LogP contribution in [-0.4, -0.2) is 11.8 Å². The summed E-state index contributed by atoms with van der Waals surface area (Å²) in [5.41, 5.74) is 1.93. The van der Waals surface area contributed by atoms with E-state index in [-0.39, 0.29) is 11.6 Å². The summed E-state index contributed by atoms with van der Waals surface area (Å²) in [4.78, 5) is 24.6. The zero-order valence-electron chi connectivity index (χ0n) is 14.9. The lowest BCUT2D eigenvalue weighted by molar-refractivity contribution is -0.137. The minimum atomic E-state index is -4.48. The molecule has 0 aromatic heterocycles. The molecule has 2 atom stereocenters. The normalized spacial score (nSPS) is 18.7. The lowest BCUT2D eigenvalue weighted by atomic mass is 10.1. The standard InChI is InChI=1S/C20H19F3N2O2/c1-11-5-3-8-17(12(11)2)25-19(27)16-10-15(16)18(26)24-14-7-4-6-13(9-14)20(21,22)23/h3-9,15-16H,10H2,1-2H3,(H,24,26)(H,25,27). The maximum atomic E-state index is 12.7. The van der Waals surface area contributed by atoms with Crippen LogP contribution in [0.2, 0.25) is 0 Å². The molecule has 0 radical (unpaired) electrons. The van der Waals surface area contributed by atoms with Crippen molar-refractivity contribution >= 4 is 23.2 Å². The second-order valence-corrected chi connectivity index (χ2v) is 6.75. The number of aryl methyl sites for hydroxylation is 1. The molecule has 7 heteroatoms. The topological polar surface area (TPSA) is 58.2 Å². The molecule has 0 aliphatic heterocycles. The van der Waals surface area contributed by atoms with E-state index in [0.717, 1.165) is 23.3 Å². The Kier molecular flexibility index (Phi) is 4.95. The molecule has 1 fully saturated rings. The Morgan fingerprint density at radius 1 is 0.963 bits per heavy atom. The van der Waals surface area contributed by atoms with E-state index in [1.165, 1.54) is 12.1 Å². The molecule has 3 rings (SSSR count). The summed E-state index contributed by atoms with van der Waals surface area (Å²) >= 11 is 0. The van der Waals surface area contributed by atoms with Crippen molar-refractivity contribution in [1.29, 1.82) is 0 Å². The summed E-state index contributed by atoms with van der Waals surface area (Å²) in [5, 5.41) is 5.29. The number of carbonyl (C=O) groups excluding carboxylic acids is 2. The highest BCUT2D eigenvalue weighted by Crippen LogP contribution is 2.40. The Hall–Kier alpha value is -2.83. The van der Waals surface area contributed by atoms with Gasteiger partial charge in [-0.1, -0.05) is 18.2 Å². The number of hydrogen-bond acceptors (Lipinski definition) is 2. The molecule has 142 valence electrons. The fraction of sp³-hybridized carbons (Fsp3) is 0.300. The molecule has 2 unspecified atom stereocenters. The predicted octanol–water partition coefficient (Wildman–Crippen LogP) is 4.54. The SMILES string of the molecule is Cc1cccc(NC(=O)C2CC2C(=O)Nc2cccc(C(F)(F)F)c2)c1C. The smallest absolute Gasteiger partial charge is 0.326 e. The van der Waals surface area contributed by atoms with E-state index in [1.807, 2.05) is 26.0 Å². The van der Waals surface area contributed by atoms with Gasteiger partial charge in [-0.2, -0.15) is 13.2 Å². The first-order valence-electron chi connectivity index (χ1n) is 8.52. The molecule has 2 aromatic carbocycles. The third-order valence-electron chi connectivity index (χ3n) is 4.78. The maximum absolute atomic E-state index is 12.7. The highest BCUT2D eigenvalue weighted by Gasteiger charge is 2.48. The van der Waals surface area contributed by atoms with Gasteiger partial charge >= 0.3 is 6.18 Å². The number of halogens is 3. The first-order chi connectivity index (χ1) is 12.7. The second-order valence-electron chi connectivity index (χ2n) is 6.75. The molecule has 0 spiro atoms. The van der Waals surface area contributed by atoms with Gasteiger partial charge in [0.15, 0.2) is 0 Å². The lowest BCUT2D eigenvalue weighted by Gasteiger charge is -2.11. The van der Waals surface area contributed by atoms with Crippen LogP contribution in [0.3, 0.4) is 0 Å². The summed E-state index contributed by atoms with van der Waals surface area (Å²) in [5.74, 6) is -1.72. The van der Waals surface area contributed by atoms with Crippen molar-refractivity contribution in [2.75, 3.05) is 10.6 Å². The zero-order chi connectivity index (χ0) is 19.8. The van der Waals surface area contributed by atoms with Gasteiger partial charge in [0, 0.05) is 11.4 Å². The molecule has 1 saturated carbocycles. The average molecular weight is 376 g/mol. The minimum absolute atomic E-state index is 0.0652. The number of anilines is 2. The van der Waals surface area contributed by atoms with Crippen molar-refractivity contribution in [2.24, 2.45) is 11.8 Å². The summed E-state index contributed by atoms with van der Waals surface area (Å²) in [6, 6.07) is 10.0. The first-order valence-corrected chi connectivity index (χ1v) is 8.52. The summed E-state index contributed by atoms with van der Waals surface area (Å²) < 4.78 is 38.2. The molecule has 2 aromatic rings. The van der Waals surface area contributed by atoms with Gasteiger partial charge < -0.3 is 10.6 Å². The molecule has 0 bridgehead atoms. The van der Waals surface area contributed by atoms with Crippen LogP contribution in [0, 0.1) is 25.7 Å². The Balaban J connectivity index is 1.60. The van der Waals surface area contributed by atoms with Crippen molar-refractivity contribution in [3.05, 3.63) is 59.2 Å². The van der Waals surface area contributed by atoms with Crippen LogP contribution in [0.15, 0.2) is 42.5 Å². The molecule has 2 amide bonds. The van der Waals surface area contributed by atoms with Crippen molar-refractivity contribution in [2.45, 2.75) is 26.4 Å². The number of rotatable bonds is 4. The van der Waals surface area contributed by atoms with E-state index >= 15 is 0 Å². The van der Waals surface area contributed by atoms with Crippen molar-refractivity contribution in [3.63, 3.8) is 0 Å². The Bertz CT molecular complexity index is 893. The van der Waals surface area contributed by atoms with Crippen LogP contribution in [-0.2, 0) is 15.8 Å². The van der Waals surface area contributed by atoms with E-state index in [4.69, 9.17) is 0 Å². The molecule has 0 saturated heterocycles. The minimum Gasteiger partial charge on any atom is -0.326 e. The van der Waals surface area contributed by atoms with Gasteiger partial charge in [0.2, 0.25) is 11.8 Å². The van der Waals surface area contributed by atoms with E-state index in [2.05, 4.69) is 10.6 Å². The van der Waals surface area contributed by atoms with Crippen LogP contribution in [0.1, 0.15) is 23.1 Å². The van der Waals surface area contributed by atoms with Crippen LogP contribution in [0.4, 0.5) is 24.5 Å². The van der Waals surface area contributed by atoms with Gasteiger partial charge in [0.25, 0.3) is 0 Å². The van der Waals surface area contributed by atoms with Gasteiger partial charge in [-0.05, 0) is 55.7 Å². The first kappa shape index (κ1) is 18.9. The molecule has 1 aliphatic rings. The second kappa shape index (κ2) is 7.06. The third-order valence-corrected chi connectivity index (χ3v) is 4.78. The quantitative estimate of drug-likeness (QED) is 0.823. The Morgan fingerprint density at radius 2 is 1.59 bits per heavy atom. The van der Waals surface area contributed by atoms with Gasteiger partial charge in [0.05, 0.1) is 17.4 Å². The molecular formula is C20H19F3N2O2. The summed E-state index contributed by atoms with van der Waals surface area (Å²) in [6.07, 6.45) is -4.10. The molecule has 4 nitrogen and oxygen atoms in total. The van der Waals surface area contributed by atoms with Crippen molar-refractivity contribution < 1.29 is 22.8 Å². The van der Waals surface area contributed by atoms with Crippen LogP contribution in [0.25, 0.3) is 0 Å². The molecule has 27 heavy (non-hydrogen) atoms. The number of carbonyl (C=O) groups is 2. The number of alkyl halides is 3. The van der Waals surface area contributed by atoms with E-state index in [9.17, 15) is 22.8 Å². The number of benzene rings is 2. The van der Waals surface area contributed by atoms with Crippen LogP contribution in [0.5, 0.6) is 0 Å². The maximum Gasteiger partial charge on any atom is 0.416 e. The van der Waals surface area contributed by atoms with Gasteiger partial charge in [-0.15, -0.1) is 0 Å². The molecule has 1 aliphatic carbocycles. The average Bonchev–Trinajstić information content (AvgIpc) is 3.39. The predicted molar refractivity (Wildman–Crippen MR) is 96.2 cm³/mol. The van der Waals surface area contributed by atoms with Gasteiger partial charge in [0.1, 0.15) is 0 Å². The third kappa shape index (κ3) is 4.30. The van der Waals surface area contributed by atoms with E-state index < -0.39 is 29.5 Å². The molecular weight excluding hydrogens is 357 g/mol. The fourth-order valence-corrected chi connectivity index (χ4v) is 2.89. The highest BCUT2D eigenvalue weighted by atomic mass is 19.4. The number of amides is 2. The van der Waals surface area contributed by atoms with Crippen LogP contribution >= 0.6 is 0 Å². The highest BCUT2D eigenvalue weighted by molar-refractivity contribution is 6.03. The zero-order valence-corrected chi connectivity index (χ0v) is 14.9. The van der Waals surface area contributed by atoms with E-state index in [1.54, 1.807) is 6.07 Å². The largest absolute Gasteiger partial charge is 0.416 e. The number of hydrogen-bond donors (Lipinski definition) is 2. The van der Waals surface area contributed by atoms with Gasteiger partial charge in [-0.3, -0.25) is 9.59 Å². The van der Waals surface area contributed by atoms with Crippen LogP contribution < -0.4 is 10.6 Å². The lowest BCUT2D eigenvalue weighted by Crippen LogP contribution is -2.21. The van der Waals surface area contributed by atoms with E-state index in [0.29, 0.717) is 12.1 Å². The number of nitrogens with one attached hydrogen (secondary N) is 2. The summed E-state index contributed by atoms with van der Waals surface area (Å²) in [6.45, 7) is 3.84. The molecule has 0 heterocycles.